The molecule has 0 aromatic heterocycles. The number of hydrogen-bond donors (Lipinski definition) is 0. The molecule has 0 atom stereocenters. The number of carbonyl (C=O) groups is 4. The van der Waals surface area contributed by atoms with E-state index in [9.17, 15) is 19.2 Å². The molecular weight excluding hydrogens is 292 g/mol. The molecule has 0 saturated heterocycles. The minimum Gasteiger partial charge on any atom is -0.463 e. The molecule has 0 fully saturated rings. The van der Waals surface area contributed by atoms with E-state index in [4.69, 9.17) is 4.74 Å². The Morgan fingerprint density at radius 3 is 2.32 bits per heavy atom. The molecule has 1 aromatic carbocycles. The van der Waals surface area contributed by atoms with Crippen molar-refractivity contribution in [2.75, 3.05) is 13.2 Å². The number of esters is 3. The highest BCUT2D eigenvalue weighted by molar-refractivity contribution is 5.92. The van der Waals surface area contributed by atoms with Crippen molar-refractivity contribution >= 4 is 24.2 Å². The lowest BCUT2D eigenvalue weighted by atomic mass is 10.2. The fourth-order valence-electron chi connectivity index (χ4n) is 1.33. The molecule has 0 unspecified atom stereocenters. The van der Waals surface area contributed by atoms with E-state index in [1.807, 2.05) is 0 Å². The van der Waals surface area contributed by atoms with Crippen molar-refractivity contribution < 1.29 is 33.4 Å². The molecule has 0 aliphatic heterocycles. The standard InChI is InChI=1S/C15H14O7/c1-2-20-13(17)7-8-14(18)21-10-15(19)22-12-6-4-3-5-11(12)9-16/h3-9H,2,10H2,1H3/b8-7+. The quantitative estimate of drug-likeness (QED) is 0.322. The molecule has 1 aromatic rings. The van der Waals surface area contributed by atoms with E-state index >= 15 is 0 Å². The minimum atomic E-state index is -0.895. The lowest BCUT2D eigenvalue weighted by molar-refractivity contribution is -0.150. The predicted molar refractivity (Wildman–Crippen MR) is 74.2 cm³/mol. The van der Waals surface area contributed by atoms with Crippen LogP contribution in [0.1, 0.15) is 17.3 Å². The summed E-state index contributed by atoms with van der Waals surface area (Å²) < 4.78 is 14.0. The molecule has 1 rings (SSSR count). The maximum Gasteiger partial charge on any atom is 0.349 e. The average Bonchev–Trinajstić information content (AvgIpc) is 2.51. The first-order valence-electron chi connectivity index (χ1n) is 6.33. The molecule has 0 N–H and O–H groups in total. The summed E-state index contributed by atoms with van der Waals surface area (Å²) in [6.07, 6.45) is 2.26. The molecule has 22 heavy (non-hydrogen) atoms. The zero-order valence-electron chi connectivity index (χ0n) is 11.8. The minimum absolute atomic E-state index is 0.0700. The summed E-state index contributed by atoms with van der Waals surface area (Å²) >= 11 is 0. The van der Waals surface area contributed by atoms with Crippen LogP contribution in [0.15, 0.2) is 36.4 Å². The van der Waals surface area contributed by atoms with Crippen LogP contribution in [0.4, 0.5) is 0 Å². The van der Waals surface area contributed by atoms with E-state index in [1.54, 1.807) is 19.1 Å². The molecule has 0 heterocycles. The van der Waals surface area contributed by atoms with Gasteiger partial charge >= 0.3 is 17.9 Å². The number of hydrogen-bond acceptors (Lipinski definition) is 7. The van der Waals surface area contributed by atoms with Gasteiger partial charge in [0.1, 0.15) is 5.75 Å². The van der Waals surface area contributed by atoms with Gasteiger partial charge in [-0.25, -0.2) is 14.4 Å². The number of ether oxygens (including phenoxy) is 3. The van der Waals surface area contributed by atoms with Crippen molar-refractivity contribution in [1.82, 2.24) is 0 Å². The van der Waals surface area contributed by atoms with Crippen molar-refractivity contribution in [3.05, 3.63) is 42.0 Å². The summed E-state index contributed by atoms with van der Waals surface area (Å²) in [6, 6.07) is 6.11. The van der Waals surface area contributed by atoms with E-state index in [0.717, 1.165) is 12.2 Å². The summed E-state index contributed by atoms with van der Waals surface area (Å²) in [5.41, 5.74) is 0.199. The highest BCUT2D eigenvalue weighted by atomic mass is 16.6. The van der Waals surface area contributed by atoms with Crippen LogP contribution < -0.4 is 4.74 Å². The summed E-state index contributed by atoms with van der Waals surface area (Å²) in [5.74, 6) is -2.37. The molecule has 0 amide bonds. The Kier molecular flexibility index (Phi) is 7.04. The van der Waals surface area contributed by atoms with Crippen molar-refractivity contribution in [1.29, 1.82) is 0 Å². The molecule has 7 nitrogen and oxygen atoms in total. The molecule has 0 bridgehead atoms. The highest BCUT2D eigenvalue weighted by Gasteiger charge is 2.10. The van der Waals surface area contributed by atoms with Crippen LogP contribution >= 0.6 is 0 Å². The Labute approximate surface area is 126 Å². The Morgan fingerprint density at radius 2 is 1.68 bits per heavy atom. The SMILES string of the molecule is CCOC(=O)/C=C/C(=O)OCC(=O)Oc1ccccc1C=O. The van der Waals surface area contributed by atoms with Crippen molar-refractivity contribution in [2.24, 2.45) is 0 Å². The van der Waals surface area contributed by atoms with Crippen LogP contribution in [0.25, 0.3) is 0 Å². The van der Waals surface area contributed by atoms with Crippen LogP contribution in [0.5, 0.6) is 5.75 Å². The second-order valence-corrected chi connectivity index (χ2v) is 3.82. The maximum atomic E-state index is 11.5. The van der Waals surface area contributed by atoms with E-state index < -0.39 is 24.5 Å². The van der Waals surface area contributed by atoms with Crippen LogP contribution in [-0.4, -0.2) is 37.4 Å². The van der Waals surface area contributed by atoms with Crippen LogP contribution in [-0.2, 0) is 23.9 Å². The van der Waals surface area contributed by atoms with Crippen molar-refractivity contribution in [2.45, 2.75) is 6.92 Å². The average molecular weight is 306 g/mol. The second kappa shape index (κ2) is 9.06. The van der Waals surface area contributed by atoms with Gasteiger partial charge < -0.3 is 14.2 Å². The van der Waals surface area contributed by atoms with Gasteiger partial charge in [-0.3, -0.25) is 4.79 Å². The van der Waals surface area contributed by atoms with Crippen LogP contribution in [0, 0.1) is 0 Å². The van der Waals surface area contributed by atoms with Gasteiger partial charge in [0.15, 0.2) is 12.9 Å². The highest BCUT2D eigenvalue weighted by Crippen LogP contribution is 2.15. The Morgan fingerprint density at radius 1 is 1.05 bits per heavy atom. The fraction of sp³-hybridized carbons (Fsp3) is 0.200. The Bertz CT molecular complexity index is 589. The molecular formula is C15H14O7. The molecule has 0 aliphatic rings. The predicted octanol–water partition coefficient (Wildman–Crippen LogP) is 1.07. The molecule has 0 radical (unpaired) electrons. The third-order valence-electron chi connectivity index (χ3n) is 2.24. The van der Waals surface area contributed by atoms with Gasteiger partial charge in [0.2, 0.25) is 0 Å². The third-order valence-corrected chi connectivity index (χ3v) is 2.24. The Hall–Kier alpha value is -2.96. The van der Waals surface area contributed by atoms with Gasteiger partial charge in [-0.05, 0) is 19.1 Å². The van der Waals surface area contributed by atoms with Gasteiger partial charge in [0.25, 0.3) is 0 Å². The summed E-state index contributed by atoms with van der Waals surface area (Å²) in [6.45, 7) is 1.15. The first-order chi connectivity index (χ1) is 10.6. The molecule has 0 spiro atoms. The monoisotopic (exact) mass is 306 g/mol. The summed E-state index contributed by atoms with van der Waals surface area (Å²) in [7, 11) is 0. The van der Waals surface area contributed by atoms with E-state index in [-0.39, 0.29) is 17.9 Å². The number of aldehydes is 1. The zero-order chi connectivity index (χ0) is 16.4. The topological polar surface area (TPSA) is 96.0 Å². The lowest BCUT2D eigenvalue weighted by Gasteiger charge is -2.06. The Balaban J connectivity index is 2.44. The maximum absolute atomic E-state index is 11.5. The lowest BCUT2D eigenvalue weighted by Crippen LogP contribution is -2.18. The van der Waals surface area contributed by atoms with Gasteiger partial charge in [0, 0.05) is 12.2 Å². The second-order valence-electron chi connectivity index (χ2n) is 3.82. The van der Waals surface area contributed by atoms with E-state index in [0.29, 0.717) is 6.29 Å². The van der Waals surface area contributed by atoms with Gasteiger partial charge in [-0.2, -0.15) is 0 Å². The fourth-order valence-corrected chi connectivity index (χ4v) is 1.33. The number of para-hydroxylation sites is 1. The van der Waals surface area contributed by atoms with E-state index in [1.165, 1.54) is 12.1 Å². The first-order valence-corrected chi connectivity index (χ1v) is 6.33. The van der Waals surface area contributed by atoms with Crippen molar-refractivity contribution in [3.63, 3.8) is 0 Å². The van der Waals surface area contributed by atoms with Gasteiger partial charge in [0.05, 0.1) is 12.2 Å². The first kappa shape index (κ1) is 17.1. The molecule has 0 saturated carbocycles. The summed E-state index contributed by atoms with van der Waals surface area (Å²) in [5, 5.41) is 0. The van der Waals surface area contributed by atoms with E-state index in [2.05, 4.69) is 9.47 Å². The van der Waals surface area contributed by atoms with Crippen molar-refractivity contribution in [3.8, 4) is 5.75 Å². The molecule has 7 heteroatoms. The molecule has 116 valence electrons. The summed E-state index contributed by atoms with van der Waals surface area (Å²) in [4.78, 5) is 44.4. The molecule has 0 aliphatic carbocycles. The number of benzene rings is 1. The number of carbonyl (C=O) groups excluding carboxylic acids is 4. The zero-order valence-corrected chi connectivity index (χ0v) is 11.8. The van der Waals surface area contributed by atoms with Crippen LogP contribution in [0.2, 0.25) is 0 Å². The third kappa shape index (κ3) is 6.00. The van der Waals surface area contributed by atoms with Crippen LogP contribution in [0.3, 0.4) is 0 Å². The number of rotatable bonds is 7. The van der Waals surface area contributed by atoms with Gasteiger partial charge in [-0.1, -0.05) is 12.1 Å². The van der Waals surface area contributed by atoms with Gasteiger partial charge in [-0.15, -0.1) is 0 Å². The largest absolute Gasteiger partial charge is 0.463 e. The smallest absolute Gasteiger partial charge is 0.349 e. The normalized spacial score (nSPS) is 10.0.